The van der Waals surface area contributed by atoms with E-state index >= 15 is 0 Å². The number of carbonyl (C=O) groups excluding carboxylic acids is 1. The number of hydrogen-bond acceptors (Lipinski definition) is 4. The van der Waals surface area contributed by atoms with Crippen molar-refractivity contribution in [2.24, 2.45) is 0 Å². The number of carbonyl (C=O) groups is 1. The topological polar surface area (TPSA) is 59.8 Å². The Labute approximate surface area is 161 Å². The summed E-state index contributed by atoms with van der Waals surface area (Å²) in [6, 6.07) is 4.98. The van der Waals surface area contributed by atoms with Gasteiger partial charge < -0.3 is 9.88 Å². The summed E-state index contributed by atoms with van der Waals surface area (Å²) < 4.78 is 2.13. The average molecular weight is 399 g/mol. The van der Waals surface area contributed by atoms with Crippen LogP contribution in [-0.2, 0) is 11.3 Å². The van der Waals surface area contributed by atoms with Crippen LogP contribution in [0.25, 0.3) is 0 Å². The molecule has 0 bridgehead atoms. The molecule has 3 rings (SSSR count). The van der Waals surface area contributed by atoms with Gasteiger partial charge in [-0.15, -0.1) is 10.2 Å². The van der Waals surface area contributed by atoms with Crippen molar-refractivity contribution in [2.45, 2.75) is 50.2 Å². The van der Waals surface area contributed by atoms with Crippen LogP contribution in [0.2, 0.25) is 10.0 Å². The lowest BCUT2D eigenvalue weighted by molar-refractivity contribution is -0.113. The SMILES string of the molecule is CCn1c(SCC(=O)Nc2cc(Cl)ccc2Cl)nnc1C1CCCC1. The van der Waals surface area contributed by atoms with E-state index in [1.165, 1.54) is 37.4 Å². The summed E-state index contributed by atoms with van der Waals surface area (Å²) in [5, 5.41) is 13.2. The molecule has 1 aliphatic carbocycles. The van der Waals surface area contributed by atoms with Crippen LogP contribution in [0.3, 0.4) is 0 Å². The van der Waals surface area contributed by atoms with Crippen LogP contribution in [0.1, 0.15) is 44.3 Å². The Hall–Kier alpha value is -1.24. The van der Waals surface area contributed by atoms with Crippen LogP contribution < -0.4 is 5.32 Å². The van der Waals surface area contributed by atoms with Gasteiger partial charge in [0.1, 0.15) is 5.82 Å². The van der Waals surface area contributed by atoms with Crippen molar-refractivity contribution in [2.75, 3.05) is 11.1 Å². The Morgan fingerprint density at radius 2 is 2.08 bits per heavy atom. The largest absolute Gasteiger partial charge is 0.324 e. The summed E-state index contributed by atoms with van der Waals surface area (Å²) in [6.07, 6.45) is 4.87. The number of nitrogens with zero attached hydrogens (tertiary/aromatic N) is 3. The Morgan fingerprint density at radius 3 is 2.80 bits per heavy atom. The fourth-order valence-electron chi connectivity index (χ4n) is 3.10. The lowest BCUT2D eigenvalue weighted by Crippen LogP contribution is -2.15. The molecule has 1 aliphatic rings. The van der Waals surface area contributed by atoms with Gasteiger partial charge in [0.15, 0.2) is 5.16 Å². The predicted octanol–water partition coefficient (Wildman–Crippen LogP) is 4.99. The first-order chi connectivity index (χ1) is 12.1. The summed E-state index contributed by atoms with van der Waals surface area (Å²) >= 11 is 13.4. The van der Waals surface area contributed by atoms with E-state index in [0.29, 0.717) is 21.7 Å². The Morgan fingerprint density at radius 1 is 1.32 bits per heavy atom. The van der Waals surface area contributed by atoms with Crippen LogP contribution in [0.5, 0.6) is 0 Å². The molecule has 1 amide bonds. The van der Waals surface area contributed by atoms with Crippen molar-refractivity contribution in [3.63, 3.8) is 0 Å². The molecule has 0 atom stereocenters. The van der Waals surface area contributed by atoms with Gasteiger partial charge >= 0.3 is 0 Å². The quantitative estimate of drug-likeness (QED) is 0.695. The minimum absolute atomic E-state index is 0.151. The van der Waals surface area contributed by atoms with Crippen LogP contribution in [0.15, 0.2) is 23.4 Å². The second-order valence-corrected chi connectivity index (χ2v) is 7.81. The van der Waals surface area contributed by atoms with E-state index in [2.05, 4.69) is 27.0 Å². The number of halogens is 2. The van der Waals surface area contributed by atoms with Gasteiger partial charge in [-0.3, -0.25) is 4.79 Å². The minimum atomic E-state index is -0.151. The lowest BCUT2D eigenvalue weighted by Gasteiger charge is -2.11. The first-order valence-electron chi connectivity index (χ1n) is 8.39. The molecule has 1 fully saturated rings. The maximum Gasteiger partial charge on any atom is 0.234 e. The number of aromatic nitrogens is 3. The summed E-state index contributed by atoms with van der Waals surface area (Å²) in [5.74, 6) is 1.65. The van der Waals surface area contributed by atoms with Gasteiger partial charge in [-0.1, -0.05) is 47.8 Å². The predicted molar refractivity (Wildman–Crippen MR) is 103 cm³/mol. The summed E-state index contributed by atoms with van der Waals surface area (Å²) in [5.41, 5.74) is 0.517. The zero-order chi connectivity index (χ0) is 17.8. The molecule has 0 unspecified atom stereocenters. The maximum absolute atomic E-state index is 12.2. The summed E-state index contributed by atoms with van der Waals surface area (Å²) in [4.78, 5) is 12.2. The van der Waals surface area contributed by atoms with Crippen LogP contribution in [0.4, 0.5) is 5.69 Å². The van der Waals surface area contributed by atoms with Crippen LogP contribution in [-0.4, -0.2) is 26.4 Å². The van der Waals surface area contributed by atoms with Gasteiger partial charge in [-0.05, 0) is 38.0 Å². The first kappa shape index (κ1) is 18.5. The molecule has 2 aromatic rings. The highest BCUT2D eigenvalue weighted by Crippen LogP contribution is 2.34. The second kappa shape index (κ2) is 8.43. The Balaban J connectivity index is 1.63. The van der Waals surface area contributed by atoms with Crippen molar-refractivity contribution in [1.29, 1.82) is 0 Å². The van der Waals surface area contributed by atoms with E-state index in [4.69, 9.17) is 23.2 Å². The second-order valence-electron chi connectivity index (χ2n) is 6.03. The van der Waals surface area contributed by atoms with E-state index in [1.54, 1.807) is 18.2 Å². The van der Waals surface area contributed by atoms with Gasteiger partial charge in [0.05, 0.1) is 16.5 Å². The fourth-order valence-corrected chi connectivity index (χ4v) is 4.25. The van der Waals surface area contributed by atoms with Gasteiger partial charge in [-0.2, -0.15) is 0 Å². The zero-order valence-electron chi connectivity index (χ0n) is 14.0. The zero-order valence-corrected chi connectivity index (χ0v) is 16.3. The number of anilines is 1. The minimum Gasteiger partial charge on any atom is -0.324 e. The molecule has 134 valence electrons. The highest BCUT2D eigenvalue weighted by atomic mass is 35.5. The van der Waals surface area contributed by atoms with Gasteiger partial charge in [0.2, 0.25) is 5.91 Å². The van der Waals surface area contributed by atoms with Crippen molar-refractivity contribution in [3.05, 3.63) is 34.1 Å². The highest BCUT2D eigenvalue weighted by molar-refractivity contribution is 7.99. The molecule has 1 heterocycles. The molecule has 0 radical (unpaired) electrons. The van der Waals surface area contributed by atoms with E-state index in [9.17, 15) is 4.79 Å². The molecule has 0 aliphatic heterocycles. The molecule has 0 saturated heterocycles. The van der Waals surface area contributed by atoms with E-state index < -0.39 is 0 Å². The van der Waals surface area contributed by atoms with Crippen LogP contribution in [0, 0.1) is 0 Å². The molecule has 1 saturated carbocycles. The number of rotatable bonds is 6. The molecule has 1 aromatic heterocycles. The molecular formula is C17H20Cl2N4OS. The Kier molecular flexibility index (Phi) is 6.25. The molecule has 0 spiro atoms. The molecule has 1 aromatic carbocycles. The number of thioether (sulfide) groups is 1. The van der Waals surface area contributed by atoms with Crippen molar-refractivity contribution in [1.82, 2.24) is 14.8 Å². The molecule has 8 heteroatoms. The third kappa shape index (κ3) is 4.49. The summed E-state index contributed by atoms with van der Waals surface area (Å²) in [7, 11) is 0. The highest BCUT2D eigenvalue weighted by Gasteiger charge is 2.24. The normalized spacial score (nSPS) is 14.8. The number of amides is 1. The van der Waals surface area contributed by atoms with E-state index in [-0.39, 0.29) is 11.7 Å². The van der Waals surface area contributed by atoms with Crippen molar-refractivity contribution >= 4 is 46.6 Å². The van der Waals surface area contributed by atoms with Crippen molar-refractivity contribution < 1.29 is 4.79 Å². The third-order valence-electron chi connectivity index (χ3n) is 4.32. The number of hydrogen-bond donors (Lipinski definition) is 1. The standard InChI is InChI=1S/C17H20Cl2N4OS/c1-2-23-16(11-5-3-4-6-11)21-22-17(23)25-10-15(24)20-14-9-12(18)7-8-13(14)19/h7-9,11H,2-6,10H2,1H3,(H,20,24). The maximum atomic E-state index is 12.2. The fraction of sp³-hybridized carbons (Fsp3) is 0.471. The lowest BCUT2D eigenvalue weighted by atomic mass is 10.1. The Bertz CT molecular complexity index is 759. The number of benzene rings is 1. The van der Waals surface area contributed by atoms with Gasteiger partial charge in [-0.25, -0.2) is 0 Å². The van der Waals surface area contributed by atoms with Gasteiger partial charge in [0, 0.05) is 17.5 Å². The van der Waals surface area contributed by atoms with Gasteiger partial charge in [0.25, 0.3) is 0 Å². The summed E-state index contributed by atoms with van der Waals surface area (Å²) in [6.45, 7) is 2.89. The molecule has 1 N–H and O–H groups in total. The molecular weight excluding hydrogens is 379 g/mol. The van der Waals surface area contributed by atoms with Crippen LogP contribution >= 0.6 is 35.0 Å². The van der Waals surface area contributed by atoms with E-state index in [1.807, 2.05) is 0 Å². The van der Waals surface area contributed by atoms with E-state index in [0.717, 1.165) is 17.5 Å². The average Bonchev–Trinajstić information content (AvgIpc) is 3.24. The molecule has 5 nitrogen and oxygen atoms in total. The third-order valence-corrected chi connectivity index (χ3v) is 5.85. The van der Waals surface area contributed by atoms with Crippen molar-refractivity contribution in [3.8, 4) is 0 Å². The number of nitrogens with one attached hydrogen (secondary N) is 1. The first-order valence-corrected chi connectivity index (χ1v) is 10.1. The smallest absolute Gasteiger partial charge is 0.234 e. The molecule has 25 heavy (non-hydrogen) atoms. The monoisotopic (exact) mass is 398 g/mol.